The number of carbonyl (C=O) groups is 1. The highest BCUT2D eigenvalue weighted by Crippen LogP contribution is 2.50. The Balaban J connectivity index is 1.47. The van der Waals surface area contributed by atoms with E-state index in [1.807, 2.05) is 0 Å². The summed E-state index contributed by atoms with van der Waals surface area (Å²) in [4.78, 5) is 16.2. The third-order valence-electron chi connectivity index (χ3n) is 7.11. The smallest absolute Gasteiger partial charge is 0.380 e. The summed E-state index contributed by atoms with van der Waals surface area (Å²) in [5.41, 5.74) is 4.52. The van der Waals surface area contributed by atoms with Gasteiger partial charge in [0.1, 0.15) is 60.8 Å². The number of methoxy groups -OCH3 is 1. The van der Waals surface area contributed by atoms with E-state index >= 15 is 0 Å². The zero-order valence-electron chi connectivity index (χ0n) is 24.0. The van der Waals surface area contributed by atoms with Crippen molar-refractivity contribution in [3.63, 3.8) is 0 Å². The van der Waals surface area contributed by atoms with E-state index in [-0.39, 0.29) is 37.0 Å². The van der Waals surface area contributed by atoms with Gasteiger partial charge in [0.2, 0.25) is 0 Å². The number of fused-ring (bicyclic) bond motifs is 1. The number of aliphatic hydroxyl groups is 2. The van der Waals surface area contributed by atoms with Crippen molar-refractivity contribution < 1.29 is 47.2 Å². The number of nitrogens with two attached hydrogens (primary N) is 1. The minimum Gasteiger partial charge on any atom is -0.462 e. The highest BCUT2D eigenvalue weighted by Gasteiger charge is 2.56. The van der Waals surface area contributed by atoms with Gasteiger partial charge in [0.15, 0.2) is 5.82 Å². The van der Waals surface area contributed by atoms with Gasteiger partial charge < -0.3 is 40.0 Å². The molecule has 0 radical (unpaired) electrons. The van der Waals surface area contributed by atoms with Gasteiger partial charge in [0.25, 0.3) is 0 Å². The molecule has 0 spiro atoms. The Bertz CT molecular complexity index is 1420. The zero-order valence-corrected chi connectivity index (χ0v) is 24.9. The molecule has 1 aromatic carbocycles. The Morgan fingerprint density at radius 2 is 2.00 bits per heavy atom. The van der Waals surface area contributed by atoms with Gasteiger partial charge >= 0.3 is 13.6 Å². The number of hydrogen-bond acceptors (Lipinski definition) is 13. The van der Waals surface area contributed by atoms with E-state index < -0.39 is 56.8 Å². The number of para-hydroxylation sites is 1. The second-order valence-corrected chi connectivity index (χ2v) is 12.3. The lowest BCUT2D eigenvalue weighted by atomic mass is 9.96. The normalized spacial score (nSPS) is 24.8. The monoisotopic (exact) mass is 625 g/mol. The van der Waals surface area contributed by atoms with E-state index in [4.69, 9.17) is 29.0 Å². The second kappa shape index (κ2) is 14.1. The van der Waals surface area contributed by atoms with Crippen LogP contribution in [-0.4, -0.2) is 100 Å². The van der Waals surface area contributed by atoms with E-state index in [0.717, 1.165) is 0 Å². The first-order valence-corrected chi connectivity index (χ1v) is 15.3. The van der Waals surface area contributed by atoms with Crippen LogP contribution in [0.1, 0.15) is 25.6 Å². The quantitative estimate of drug-likeness (QED) is 0.141. The van der Waals surface area contributed by atoms with Crippen molar-refractivity contribution in [2.75, 3.05) is 45.4 Å². The molecule has 0 saturated carbocycles. The standard InChI is InChI=1S/C27H37FN5O9P/c1-17(38-3)13-39-26(36)18(2)30-11-12-43(37,42-19-7-5-4-6-8-19)40-15-27(14-28)24(35)22(34)23(41-27)20-9-10-21-25(29)31-16-32-33(20)21/h4-10,16-18,22-24,30,34-35H,11-15H2,1-3H3,(H2,29,31,32)/t17-,18-,22-,23-,24-,27+,43?/m0/s1. The summed E-state index contributed by atoms with van der Waals surface area (Å²) in [5.74, 6) is -0.134. The molecule has 1 unspecified atom stereocenters. The van der Waals surface area contributed by atoms with Gasteiger partial charge in [-0.05, 0) is 38.1 Å². The Labute approximate surface area is 247 Å². The SMILES string of the molecule is CO[C@@H](C)COC(=O)[C@H](C)NCCP(=O)(OC[C@@]1(CF)O[C@@H](c2ccc3c(N)ncnn23)[C@H](O)[C@@H]1O)Oc1ccccc1. The number of carbonyl (C=O) groups excluding carboxylic acids is 1. The molecule has 0 amide bonds. The van der Waals surface area contributed by atoms with Gasteiger partial charge in [-0.1, -0.05) is 18.2 Å². The summed E-state index contributed by atoms with van der Waals surface area (Å²) >= 11 is 0. The predicted octanol–water partition coefficient (Wildman–Crippen LogP) is 1.66. The number of nitrogen functional groups attached to an aromatic ring is 1. The number of benzene rings is 1. The average molecular weight is 626 g/mol. The molecule has 1 aliphatic rings. The Kier molecular flexibility index (Phi) is 10.7. The van der Waals surface area contributed by atoms with Crippen molar-refractivity contribution in [2.24, 2.45) is 0 Å². The van der Waals surface area contributed by atoms with Crippen LogP contribution < -0.4 is 15.6 Å². The van der Waals surface area contributed by atoms with Crippen molar-refractivity contribution in [1.29, 1.82) is 0 Å². The first-order chi connectivity index (χ1) is 20.5. The molecular formula is C27H37FN5O9P. The molecular weight excluding hydrogens is 588 g/mol. The van der Waals surface area contributed by atoms with Gasteiger partial charge in [0, 0.05) is 13.7 Å². The van der Waals surface area contributed by atoms with Crippen molar-refractivity contribution in [2.45, 2.75) is 49.9 Å². The maximum Gasteiger partial charge on any atom is 0.380 e. The van der Waals surface area contributed by atoms with E-state index in [1.165, 1.54) is 18.0 Å². The molecule has 0 aliphatic carbocycles. The van der Waals surface area contributed by atoms with Crippen LogP contribution in [0.4, 0.5) is 10.2 Å². The maximum absolute atomic E-state index is 14.6. The number of esters is 1. The summed E-state index contributed by atoms with van der Waals surface area (Å²) in [6, 6.07) is 10.6. The molecule has 236 valence electrons. The van der Waals surface area contributed by atoms with Gasteiger partial charge in [-0.2, -0.15) is 5.10 Å². The van der Waals surface area contributed by atoms with Crippen LogP contribution in [0.5, 0.6) is 5.75 Å². The van der Waals surface area contributed by atoms with E-state index in [2.05, 4.69) is 15.4 Å². The number of halogens is 1. The maximum atomic E-state index is 14.6. The molecule has 3 aromatic rings. The summed E-state index contributed by atoms with van der Waals surface area (Å²) in [5, 5.41) is 28.9. The number of ether oxygens (including phenoxy) is 3. The summed E-state index contributed by atoms with van der Waals surface area (Å²) in [7, 11) is -2.56. The Morgan fingerprint density at radius 3 is 2.70 bits per heavy atom. The average Bonchev–Trinajstić information content (AvgIpc) is 3.55. The van der Waals surface area contributed by atoms with Crippen LogP contribution in [0.15, 0.2) is 48.8 Å². The molecule has 43 heavy (non-hydrogen) atoms. The third kappa shape index (κ3) is 7.50. The molecule has 7 atom stereocenters. The number of aromatic nitrogens is 3. The number of hydrogen-bond donors (Lipinski definition) is 4. The number of nitrogens with one attached hydrogen (secondary N) is 1. The molecule has 1 saturated heterocycles. The van der Waals surface area contributed by atoms with Gasteiger partial charge in [0.05, 0.1) is 24.6 Å². The van der Waals surface area contributed by atoms with Gasteiger partial charge in [-0.25, -0.2) is 18.5 Å². The predicted molar refractivity (Wildman–Crippen MR) is 152 cm³/mol. The summed E-state index contributed by atoms with van der Waals surface area (Å²) < 4.78 is 57.5. The summed E-state index contributed by atoms with van der Waals surface area (Å²) in [6.07, 6.45) is -3.88. The zero-order chi connectivity index (χ0) is 31.2. The molecule has 14 nitrogen and oxygen atoms in total. The molecule has 4 rings (SSSR count). The molecule has 2 aromatic heterocycles. The summed E-state index contributed by atoms with van der Waals surface area (Å²) in [6.45, 7) is 1.38. The Morgan fingerprint density at radius 1 is 1.26 bits per heavy atom. The highest BCUT2D eigenvalue weighted by atomic mass is 31.2. The highest BCUT2D eigenvalue weighted by molar-refractivity contribution is 7.54. The topological polar surface area (TPSA) is 189 Å². The lowest BCUT2D eigenvalue weighted by Crippen LogP contribution is -2.49. The first kappa shape index (κ1) is 32.7. The Hall–Kier alpha value is -3.17. The molecule has 1 fully saturated rings. The van der Waals surface area contributed by atoms with Crippen LogP contribution in [0.25, 0.3) is 5.52 Å². The van der Waals surface area contributed by atoms with Crippen LogP contribution in [0.3, 0.4) is 0 Å². The molecule has 5 N–H and O–H groups in total. The minimum absolute atomic E-state index is 0.00519. The minimum atomic E-state index is -4.06. The number of rotatable bonds is 15. The fourth-order valence-electron chi connectivity index (χ4n) is 4.44. The second-order valence-electron chi connectivity index (χ2n) is 10.2. The van der Waals surface area contributed by atoms with Crippen LogP contribution in [-0.2, 0) is 28.1 Å². The fourth-order valence-corrected chi connectivity index (χ4v) is 5.98. The van der Waals surface area contributed by atoms with Crippen molar-refractivity contribution in [3.05, 3.63) is 54.5 Å². The van der Waals surface area contributed by atoms with E-state index in [9.17, 15) is 24.0 Å². The third-order valence-corrected chi connectivity index (χ3v) is 8.89. The van der Waals surface area contributed by atoms with Crippen LogP contribution in [0, 0.1) is 0 Å². The van der Waals surface area contributed by atoms with Crippen molar-refractivity contribution >= 4 is 24.9 Å². The van der Waals surface area contributed by atoms with Crippen molar-refractivity contribution in [1.82, 2.24) is 19.9 Å². The van der Waals surface area contributed by atoms with Crippen molar-refractivity contribution in [3.8, 4) is 5.75 Å². The molecule has 1 aliphatic heterocycles. The lowest BCUT2D eigenvalue weighted by Gasteiger charge is -2.31. The molecule has 0 bridgehead atoms. The molecule has 16 heteroatoms. The van der Waals surface area contributed by atoms with Crippen LogP contribution in [0.2, 0.25) is 0 Å². The fraction of sp³-hybridized carbons (Fsp3) is 0.519. The van der Waals surface area contributed by atoms with E-state index in [1.54, 1.807) is 56.3 Å². The number of aliphatic hydroxyl groups excluding tert-OH is 2. The van der Waals surface area contributed by atoms with Crippen LogP contribution >= 0.6 is 7.60 Å². The van der Waals surface area contributed by atoms with Gasteiger partial charge in [-0.15, -0.1) is 0 Å². The van der Waals surface area contributed by atoms with E-state index in [0.29, 0.717) is 11.2 Å². The first-order valence-electron chi connectivity index (χ1n) is 13.6. The number of anilines is 1. The number of alkyl halides is 1. The van der Waals surface area contributed by atoms with Gasteiger partial charge in [-0.3, -0.25) is 9.32 Å². The lowest BCUT2D eigenvalue weighted by molar-refractivity contribution is -0.148. The molecule has 3 heterocycles. The number of nitrogens with zero attached hydrogens (tertiary/aromatic N) is 3. The largest absolute Gasteiger partial charge is 0.462 e.